The van der Waals surface area contributed by atoms with Gasteiger partial charge in [-0.05, 0) is 38.3 Å². The molecule has 1 aromatic heterocycles. The molecule has 1 aliphatic carbocycles. The van der Waals surface area contributed by atoms with Gasteiger partial charge in [-0.25, -0.2) is 0 Å². The lowest BCUT2D eigenvalue weighted by atomic mass is 9.85. The summed E-state index contributed by atoms with van der Waals surface area (Å²) in [5.41, 5.74) is 1.80. The summed E-state index contributed by atoms with van der Waals surface area (Å²) in [5.74, 6) is 0. The number of nitrogens with zero attached hydrogens (tertiary/aromatic N) is 3. The number of nitrogens with one attached hydrogen (secondary N) is 1. The molecule has 0 atom stereocenters. The Hall–Kier alpha value is -0.870. The molecule has 0 amide bonds. The predicted molar refractivity (Wildman–Crippen MR) is 83.6 cm³/mol. The van der Waals surface area contributed by atoms with Crippen molar-refractivity contribution in [2.75, 3.05) is 26.7 Å². The molecule has 4 heteroatoms. The Bertz CT molecular complexity index is 393. The minimum absolute atomic E-state index is 0.492. The van der Waals surface area contributed by atoms with Gasteiger partial charge in [-0.3, -0.25) is 4.68 Å². The zero-order chi connectivity index (χ0) is 14.4. The molecule has 1 aromatic rings. The number of aromatic nitrogens is 2. The van der Waals surface area contributed by atoms with E-state index in [1.54, 1.807) is 0 Å². The zero-order valence-electron chi connectivity index (χ0n) is 13.4. The van der Waals surface area contributed by atoms with Crippen LogP contribution in [0.1, 0.15) is 44.6 Å². The van der Waals surface area contributed by atoms with Gasteiger partial charge >= 0.3 is 0 Å². The van der Waals surface area contributed by atoms with Gasteiger partial charge in [0.05, 0.1) is 6.20 Å². The maximum Gasteiger partial charge on any atom is 0.0534 e. The predicted octanol–water partition coefficient (Wildman–Crippen LogP) is 2.41. The lowest BCUT2D eigenvalue weighted by Gasteiger charge is -2.34. The second kappa shape index (κ2) is 7.23. The lowest BCUT2D eigenvalue weighted by molar-refractivity contribution is 0.168. The van der Waals surface area contributed by atoms with Crippen molar-refractivity contribution in [3.63, 3.8) is 0 Å². The molecule has 20 heavy (non-hydrogen) atoms. The van der Waals surface area contributed by atoms with Gasteiger partial charge in [0.1, 0.15) is 0 Å². The zero-order valence-corrected chi connectivity index (χ0v) is 13.4. The molecule has 1 N–H and O–H groups in total. The summed E-state index contributed by atoms with van der Waals surface area (Å²) in [7, 11) is 4.23. The van der Waals surface area contributed by atoms with Crippen molar-refractivity contribution in [3.05, 3.63) is 18.0 Å². The number of aryl methyl sites for hydroxylation is 1. The second-order valence-corrected chi connectivity index (χ2v) is 6.58. The second-order valence-electron chi connectivity index (χ2n) is 6.58. The highest BCUT2D eigenvalue weighted by molar-refractivity contribution is 5.03. The van der Waals surface area contributed by atoms with Gasteiger partial charge in [-0.1, -0.05) is 19.8 Å². The standard InChI is InChI=1S/C16H30N4/c1-4-9-17-13-16(7-5-6-8-16)14-19(2)11-15-10-18-20(3)12-15/h10,12,17H,4-9,11,13-14H2,1-3H3. The first-order valence-electron chi connectivity index (χ1n) is 8.00. The topological polar surface area (TPSA) is 33.1 Å². The van der Waals surface area contributed by atoms with E-state index in [9.17, 15) is 0 Å². The van der Waals surface area contributed by atoms with E-state index in [1.165, 1.54) is 50.8 Å². The van der Waals surface area contributed by atoms with Crippen molar-refractivity contribution >= 4 is 0 Å². The fraction of sp³-hybridized carbons (Fsp3) is 0.812. The molecule has 1 aliphatic rings. The van der Waals surface area contributed by atoms with Gasteiger partial charge in [-0.2, -0.15) is 5.10 Å². The SMILES string of the molecule is CCCNCC1(CN(C)Cc2cnn(C)c2)CCCC1. The minimum Gasteiger partial charge on any atom is -0.316 e. The molecule has 0 saturated heterocycles. The molecule has 1 fully saturated rings. The highest BCUT2D eigenvalue weighted by Crippen LogP contribution is 2.38. The van der Waals surface area contributed by atoms with Gasteiger partial charge in [0.2, 0.25) is 0 Å². The Balaban J connectivity index is 1.86. The quantitative estimate of drug-likeness (QED) is 0.741. The maximum atomic E-state index is 4.26. The maximum absolute atomic E-state index is 4.26. The normalized spacial score (nSPS) is 18.0. The molecule has 0 radical (unpaired) electrons. The van der Waals surface area contributed by atoms with Gasteiger partial charge in [0.25, 0.3) is 0 Å². The Morgan fingerprint density at radius 2 is 2.15 bits per heavy atom. The highest BCUT2D eigenvalue weighted by atomic mass is 15.2. The van der Waals surface area contributed by atoms with Crippen molar-refractivity contribution in [2.24, 2.45) is 12.5 Å². The van der Waals surface area contributed by atoms with Gasteiger partial charge < -0.3 is 10.2 Å². The van der Waals surface area contributed by atoms with Crippen molar-refractivity contribution in [1.29, 1.82) is 0 Å². The smallest absolute Gasteiger partial charge is 0.0534 e. The third-order valence-electron chi connectivity index (χ3n) is 4.41. The average molecular weight is 278 g/mol. The summed E-state index contributed by atoms with van der Waals surface area (Å²) in [4.78, 5) is 2.47. The van der Waals surface area contributed by atoms with Crippen LogP contribution in [-0.2, 0) is 13.6 Å². The van der Waals surface area contributed by atoms with Crippen LogP contribution in [0.3, 0.4) is 0 Å². The van der Waals surface area contributed by atoms with Crippen LogP contribution in [0.2, 0.25) is 0 Å². The van der Waals surface area contributed by atoms with Gasteiger partial charge in [-0.15, -0.1) is 0 Å². The molecule has 1 heterocycles. The van der Waals surface area contributed by atoms with E-state index in [-0.39, 0.29) is 0 Å². The highest BCUT2D eigenvalue weighted by Gasteiger charge is 2.34. The van der Waals surface area contributed by atoms with Crippen LogP contribution in [0.5, 0.6) is 0 Å². The third kappa shape index (κ3) is 4.32. The molecule has 2 rings (SSSR count). The van der Waals surface area contributed by atoms with Gasteiger partial charge in [0, 0.05) is 38.4 Å². The van der Waals surface area contributed by atoms with Crippen LogP contribution in [0, 0.1) is 5.41 Å². The third-order valence-corrected chi connectivity index (χ3v) is 4.41. The van der Waals surface area contributed by atoms with E-state index in [1.807, 2.05) is 17.9 Å². The number of hydrogen-bond acceptors (Lipinski definition) is 3. The Labute approximate surface area is 123 Å². The van der Waals surface area contributed by atoms with E-state index in [0.717, 1.165) is 13.1 Å². The Morgan fingerprint density at radius 3 is 2.75 bits per heavy atom. The van der Waals surface area contributed by atoms with Crippen LogP contribution < -0.4 is 5.32 Å². The molecule has 0 aliphatic heterocycles. The lowest BCUT2D eigenvalue weighted by Crippen LogP contribution is -2.41. The molecular formula is C16H30N4. The molecule has 0 aromatic carbocycles. The first-order valence-corrected chi connectivity index (χ1v) is 8.00. The Morgan fingerprint density at radius 1 is 1.40 bits per heavy atom. The van der Waals surface area contributed by atoms with Crippen LogP contribution in [0.15, 0.2) is 12.4 Å². The van der Waals surface area contributed by atoms with Crippen molar-refractivity contribution in [1.82, 2.24) is 20.0 Å². The van der Waals surface area contributed by atoms with E-state index < -0.39 is 0 Å². The van der Waals surface area contributed by atoms with E-state index in [0.29, 0.717) is 5.41 Å². The molecular weight excluding hydrogens is 248 g/mol. The largest absolute Gasteiger partial charge is 0.316 e. The molecule has 114 valence electrons. The molecule has 0 bridgehead atoms. The summed E-state index contributed by atoms with van der Waals surface area (Å²) in [6, 6.07) is 0. The van der Waals surface area contributed by atoms with Gasteiger partial charge in [0.15, 0.2) is 0 Å². The van der Waals surface area contributed by atoms with Crippen LogP contribution in [0.25, 0.3) is 0 Å². The molecule has 0 unspecified atom stereocenters. The first kappa shape index (κ1) is 15.5. The van der Waals surface area contributed by atoms with Crippen molar-refractivity contribution < 1.29 is 0 Å². The number of rotatable bonds is 8. The van der Waals surface area contributed by atoms with Crippen LogP contribution in [0.4, 0.5) is 0 Å². The van der Waals surface area contributed by atoms with Crippen molar-refractivity contribution in [2.45, 2.75) is 45.6 Å². The average Bonchev–Trinajstić information content (AvgIpc) is 3.00. The summed E-state index contributed by atoms with van der Waals surface area (Å²) < 4.78 is 1.89. The fourth-order valence-corrected chi connectivity index (χ4v) is 3.54. The van der Waals surface area contributed by atoms with Crippen molar-refractivity contribution in [3.8, 4) is 0 Å². The summed E-state index contributed by atoms with van der Waals surface area (Å²) >= 11 is 0. The Kier molecular flexibility index (Phi) is 5.61. The van der Waals surface area contributed by atoms with E-state index >= 15 is 0 Å². The first-order chi connectivity index (χ1) is 9.63. The summed E-state index contributed by atoms with van der Waals surface area (Å²) in [5, 5.41) is 7.91. The van der Waals surface area contributed by atoms with Crippen LogP contribution in [-0.4, -0.2) is 41.4 Å². The molecule has 1 saturated carbocycles. The van der Waals surface area contributed by atoms with E-state index in [2.05, 4.69) is 35.5 Å². The minimum atomic E-state index is 0.492. The summed E-state index contributed by atoms with van der Waals surface area (Å²) in [6.45, 7) is 6.76. The molecule has 4 nitrogen and oxygen atoms in total. The fourth-order valence-electron chi connectivity index (χ4n) is 3.54. The molecule has 0 spiro atoms. The number of hydrogen-bond donors (Lipinski definition) is 1. The monoisotopic (exact) mass is 278 g/mol. The summed E-state index contributed by atoms with van der Waals surface area (Å²) in [6.07, 6.45) is 10.9. The van der Waals surface area contributed by atoms with Crippen LogP contribution >= 0.6 is 0 Å². The van der Waals surface area contributed by atoms with E-state index in [4.69, 9.17) is 0 Å².